The third kappa shape index (κ3) is 4.29. The average Bonchev–Trinajstić information content (AvgIpc) is 3.50. The standard InChI is InChI=1S/C23H25N7O4/c1-13-10-14(22(31)30(2)3)4-5-17(13)26-23-27-19-18(16(11-24-19)20-29-25-12-33-20)21(28-23)34-15-6-8-32-9-7-15/h4-5,10-12,15H,6-9H2,1-3H3,(H2,24,26,27,28). The summed E-state index contributed by atoms with van der Waals surface area (Å²) in [5, 5.41) is 11.7. The number of amides is 1. The molecule has 0 spiro atoms. The zero-order valence-electron chi connectivity index (χ0n) is 19.2. The third-order valence-corrected chi connectivity index (χ3v) is 5.66. The van der Waals surface area contributed by atoms with Crippen molar-refractivity contribution in [3.05, 3.63) is 41.9 Å². The number of aromatic amines is 1. The minimum atomic E-state index is -0.0561. The van der Waals surface area contributed by atoms with Gasteiger partial charge in [-0.2, -0.15) is 9.97 Å². The third-order valence-electron chi connectivity index (χ3n) is 5.66. The SMILES string of the molecule is Cc1cc(C(=O)N(C)C)ccc1Nc1nc(OC2CCOCC2)c2c(-c3nnco3)c[nH]c2n1. The van der Waals surface area contributed by atoms with E-state index in [9.17, 15) is 4.79 Å². The molecule has 1 fully saturated rings. The number of carbonyl (C=O) groups excluding carboxylic acids is 1. The van der Waals surface area contributed by atoms with Crippen LogP contribution < -0.4 is 10.1 Å². The number of aromatic nitrogens is 5. The van der Waals surface area contributed by atoms with Crippen LogP contribution in [-0.4, -0.2) is 69.4 Å². The molecule has 1 amide bonds. The van der Waals surface area contributed by atoms with E-state index in [1.807, 2.05) is 19.1 Å². The first-order valence-electron chi connectivity index (χ1n) is 11.0. The number of ether oxygens (including phenoxy) is 2. The van der Waals surface area contributed by atoms with E-state index in [1.165, 1.54) is 6.39 Å². The fourth-order valence-electron chi connectivity index (χ4n) is 3.87. The Morgan fingerprint density at radius 2 is 2.06 bits per heavy atom. The summed E-state index contributed by atoms with van der Waals surface area (Å²) in [5.41, 5.74) is 3.53. The summed E-state index contributed by atoms with van der Waals surface area (Å²) in [6.45, 7) is 3.21. The summed E-state index contributed by atoms with van der Waals surface area (Å²) in [6.07, 6.45) is 4.55. The highest BCUT2D eigenvalue weighted by atomic mass is 16.5. The fraction of sp³-hybridized carbons (Fsp3) is 0.348. The first kappa shape index (κ1) is 21.8. The van der Waals surface area contributed by atoms with Gasteiger partial charge in [-0.05, 0) is 30.7 Å². The van der Waals surface area contributed by atoms with E-state index in [2.05, 4.69) is 30.5 Å². The molecule has 1 aliphatic rings. The van der Waals surface area contributed by atoms with Gasteiger partial charge >= 0.3 is 0 Å². The second kappa shape index (κ2) is 9.10. The number of benzene rings is 1. The molecule has 4 heterocycles. The smallest absolute Gasteiger partial charge is 0.253 e. The molecule has 1 aromatic carbocycles. The van der Waals surface area contributed by atoms with Crippen molar-refractivity contribution in [2.45, 2.75) is 25.9 Å². The molecule has 11 heteroatoms. The van der Waals surface area contributed by atoms with Gasteiger partial charge in [0, 0.05) is 44.4 Å². The Hall–Kier alpha value is -3.99. The molecule has 5 rings (SSSR count). The van der Waals surface area contributed by atoms with E-state index in [-0.39, 0.29) is 12.0 Å². The molecule has 1 saturated heterocycles. The van der Waals surface area contributed by atoms with Gasteiger partial charge in [-0.1, -0.05) is 0 Å². The largest absolute Gasteiger partial charge is 0.474 e. The molecule has 0 unspecified atom stereocenters. The molecule has 4 aromatic rings. The minimum Gasteiger partial charge on any atom is -0.474 e. The van der Waals surface area contributed by atoms with Crippen molar-refractivity contribution in [3.8, 4) is 17.3 Å². The van der Waals surface area contributed by atoms with Gasteiger partial charge in [-0.3, -0.25) is 4.79 Å². The molecule has 0 radical (unpaired) electrons. The lowest BCUT2D eigenvalue weighted by atomic mass is 10.1. The Morgan fingerprint density at radius 3 is 2.76 bits per heavy atom. The number of fused-ring (bicyclic) bond motifs is 1. The van der Waals surface area contributed by atoms with Gasteiger partial charge in [0.05, 0.1) is 24.2 Å². The number of nitrogens with one attached hydrogen (secondary N) is 2. The van der Waals surface area contributed by atoms with Crippen molar-refractivity contribution in [2.75, 3.05) is 32.6 Å². The van der Waals surface area contributed by atoms with Gasteiger partial charge in [-0.15, -0.1) is 10.2 Å². The molecule has 34 heavy (non-hydrogen) atoms. The Labute approximate surface area is 195 Å². The van der Waals surface area contributed by atoms with Gasteiger partial charge < -0.3 is 29.1 Å². The number of nitrogens with zero attached hydrogens (tertiary/aromatic N) is 5. The van der Waals surface area contributed by atoms with Crippen LogP contribution in [0.15, 0.2) is 35.2 Å². The summed E-state index contributed by atoms with van der Waals surface area (Å²) in [7, 11) is 3.46. The Kier molecular flexibility index (Phi) is 5.84. The minimum absolute atomic E-state index is 0.0248. The van der Waals surface area contributed by atoms with Gasteiger partial charge in [0.2, 0.25) is 24.1 Å². The predicted octanol–water partition coefficient (Wildman–Crippen LogP) is 3.32. The first-order chi connectivity index (χ1) is 16.5. The maximum absolute atomic E-state index is 12.3. The molecule has 11 nitrogen and oxygen atoms in total. The van der Waals surface area contributed by atoms with E-state index in [0.29, 0.717) is 53.1 Å². The van der Waals surface area contributed by atoms with Crippen LogP contribution in [0, 0.1) is 6.92 Å². The lowest BCUT2D eigenvalue weighted by Crippen LogP contribution is -2.26. The predicted molar refractivity (Wildman–Crippen MR) is 124 cm³/mol. The van der Waals surface area contributed by atoms with Gasteiger partial charge in [0.1, 0.15) is 11.8 Å². The molecule has 0 atom stereocenters. The highest BCUT2D eigenvalue weighted by Crippen LogP contribution is 2.35. The average molecular weight is 463 g/mol. The summed E-state index contributed by atoms with van der Waals surface area (Å²) in [4.78, 5) is 26.3. The van der Waals surface area contributed by atoms with E-state index < -0.39 is 0 Å². The fourth-order valence-corrected chi connectivity index (χ4v) is 3.87. The number of carbonyl (C=O) groups is 1. The summed E-state index contributed by atoms with van der Waals surface area (Å²) < 4.78 is 17.2. The van der Waals surface area contributed by atoms with Crippen molar-refractivity contribution in [3.63, 3.8) is 0 Å². The zero-order chi connectivity index (χ0) is 23.7. The topological polar surface area (TPSA) is 131 Å². The van der Waals surface area contributed by atoms with E-state index in [0.717, 1.165) is 24.1 Å². The molecule has 2 N–H and O–H groups in total. The Bertz CT molecular complexity index is 1310. The zero-order valence-corrected chi connectivity index (χ0v) is 19.2. The van der Waals surface area contributed by atoms with E-state index >= 15 is 0 Å². The molecule has 1 aliphatic heterocycles. The number of H-pyrrole nitrogens is 1. The molecular weight excluding hydrogens is 438 g/mol. The van der Waals surface area contributed by atoms with Crippen LogP contribution in [-0.2, 0) is 4.74 Å². The maximum Gasteiger partial charge on any atom is 0.253 e. The van der Waals surface area contributed by atoms with Crippen molar-refractivity contribution in [2.24, 2.45) is 0 Å². The lowest BCUT2D eigenvalue weighted by molar-refractivity contribution is 0.0244. The number of hydrogen-bond donors (Lipinski definition) is 2. The number of anilines is 2. The summed E-state index contributed by atoms with van der Waals surface area (Å²) in [5.74, 6) is 1.08. The van der Waals surface area contributed by atoms with Crippen molar-refractivity contribution in [1.29, 1.82) is 0 Å². The van der Waals surface area contributed by atoms with Crippen molar-refractivity contribution < 1.29 is 18.7 Å². The highest BCUT2D eigenvalue weighted by Gasteiger charge is 2.23. The number of aryl methyl sites for hydroxylation is 1. The summed E-state index contributed by atoms with van der Waals surface area (Å²) >= 11 is 0. The van der Waals surface area contributed by atoms with Crippen LogP contribution >= 0.6 is 0 Å². The molecular formula is C23H25N7O4. The maximum atomic E-state index is 12.3. The van der Waals surface area contributed by atoms with Crippen LogP contribution in [0.2, 0.25) is 0 Å². The van der Waals surface area contributed by atoms with Crippen LogP contribution in [0.5, 0.6) is 5.88 Å². The highest BCUT2D eigenvalue weighted by molar-refractivity contribution is 5.96. The number of hydrogen-bond acceptors (Lipinski definition) is 9. The molecule has 0 bridgehead atoms. The molecule has 176 valence electrons. The quantitative estimate of drug-likeness (QED) is 0.442. The van der Waals surface area contributed by atoms with Crippen LogP contribution in [0.1, 0.15) is 28.8 Å². The second-order valence-corrected chi connectivity index (χ2v) is 8.31. The van der Waals surface area contributed by atoms with Crippen LogP contribution in [0.4, 0.5) is 11.6 Å². The second-order valence-electron chi connectivity index (χ2n) is 8.31. The van der Waals surface area contributed by atoms with Gasteiger partial charge in [0.25, 0.3) is 5.91 Å². The van der Waals surface area contributed by atoms with Gasteiger partial charge in [-0.25, -0.2) is 0 Å². The number of rotatable bonds is 6. The Morgan fingerprint density at radius 1 is 1.24 bits per heavy atom. The van der Waals surface area contributed by atoms with Crippen LogP contribution in [0.25, 0.3) is 22.5 Å². The summed E-state index contributed by atoms with van der Waals surface area (Å²) in [6, 6.07) is 5.46. The lowest BCUT2D eigenvalue weighted by Gasteiger charge is -2.23. The molecule has 0 aliphatic carbocycles. The van der Waals surface area contributed by atoms with Crippen molar-refractivity contribution >= 4 is 28.6 Å². The van der Waals surface area contributed by atoms with E-state index in [4.69, 9.17) is 13.9 Å². The normalized spacial score (nSPS) is 14.3. The Balaban J connectivity index is 1.51. The molecule has 3 aromatic heterocycles. The molecule has 0 saturated carbocycles. The van der Waals surface area contributed by atoms with Crippen LogP contribution in [0.3, 0.4) is 0 Å². The van der Waals surface area contributed by atoms with Gasteiger partial charge in [0.15, 0.2) is 0 Å². The van der Waals surface area contributed by atoms with E-state index in [1.54, 1.807) is 31.3 Å². The first-order valence-corrected chi connectivity index (χ1v) is 11.0. The van der Waals surface area contributed by atoms with Crippen molar-refractivity contribution in [1.82, 2.24) is 30.0 Å². The monoisotopic (exact) mass is 463 g/mol.